The van der Waals surface area contributed by atoms with E-state index in [4.69, 9.17) is 19.9 Å². The van der Waals surface area contributed by atoms with Crippen molar-refractivity contribution in [2.24, 2.45) is 5.73 Å². The number of ether oxygens (including phenoxy) is 3. The van der Waals surface area contributed by atoms with Gasteiger partial charge in [0.25, 0.3) is 0 Å². The number of nitrogens with two attached hydrogens (primary N) is 1. The number of carbonyl (C=O) groups excluding carboxylic acids is 2. The van der Waals surface area contributed by atoms with Crippen molar-refractivity contribution in [3.05, 3.63) is 138 Å². The van der Waals surface area contributed by atoms with E-state index < -0.39 is 23.3 Å². The summed E-state index contributed by atoms with van der Waals surface area (Å²) in [6, 6.07) is 33.5. The Morgan fingerprint density at radius 2 is 1.37 bits per heavy atom. The molecule has 210 valence electrons. The monoisotopic (exact) mass is 550 g/mol. The number of methoxy groups -OCH3 is 2. The molecule has 0 spiro atoms. The third kappa shape index (κ3) is 7.28. The van der Waals surface area contributed by atoms with Crippen LogP contribution >= 0.6 is 0 Å². The highest BCUT2D eigenvalue weighted by Gasteiger charge is 2.45. The van der Waals surface area contributed by atoms with Crippen LogP contribution < -0.4 is 20.5 Å². The Labute approximate surface area is 240 Å². The molecular weight excluding hydrogens is 516 g/mol. The van der Waals surface area contributed by atoms with Gasteiger partial charge in [-0.25, -0.2) is 0 Å². The summed E-state index contributed by atoms with van der Waals surface area (Å²) < 4.78 is 16.7. The van der Waals surface area contributed by atoms with Crippen molar-refractivity contribution in [3.8, 4) is 11.5 Å². The van der Waals surface area contributed by atoms with Gasteiger partial charge in [-0.3, -0.25) is 14.9 Å². The van der Waals surface area contributed by atoms with Crippen LogP contribution in [0.15, 0.2) is 115 Å². The Morgan fingerprint density at radius 3 is 1.90 bits per heavy atom. The van der Waals surface area contributed by atoms with Crippen molar-refractivity contribution in [2.75, 3.05) is 20.8 Å². The highest BCUT2D eigenvalue weighted by atomic mass is 16.5. The number of benzene rings is 4. The number of ketones is 1. The third-order valence-electron chi connectivity index (χ3n) is 6.76. The zero-order chi connectivity index (χ0) is 29.1. The molecule has 4 rings (SSSR count). The Hall–Kier alpha value is -4.72. The molecular formula is C34H34N2O5. The largest absolute Gasteiger partial charge is 0.493 e. The molecule has 41 heavy (non-hydrogen) atoms. The summed E-state index contributed by atoms with van der Waals surface area (Å²) in [5.41, 5.74) is 7.48. The lowest BCUT2D eigenvalue weighted by molar-refractivity contribution is -0.137. The lowest BCUT2D eigenvalue weighted by Crippen LogP contribution is -2.64. The first-order chi connectivity index (χ1) is 20.0. The molecule has 0 saturated heterocycles. The topological polar surface area (TPSA) is 99.9 Å². The van der Waals surface area contributed by atoms with Crippen LogP contribution in [0.5, 0.6) is 11.5 Å². The van der Waals surface area contributed by atoms with Crippen molar-refractivity contribution in [1.29, 1.82) is 0 Å². The van der Waals surface area contributed by atoms with Crippen LogP contribution in [0, 0.1) is 0 Å². The van der Waals surface area contributed by atoms with Gasteiger partial charge < -0.3 is 19.9 Å². The van der Waals surface area contributed by atoms with Crippen LogP contribution in [0.1, 0.15) is 28.3 Å². The molecule has 7 heteroatoms. The maximum Gasteiger partial charge on any atom is 0.248 e. The van der Waals surface area contributed by atoms with Gasteiger partial charge in [0.1, 0.15) is 0 Å². The molecule has 7 nitrogen and oxygen atoms in total. The zero-order valence-corrected chi connectivity index (χ0v) is 23.2. The molecule has 0 saturated carbocycles. The summed E-state index contributed by atoms with van der Waals surface area (Å²) in [5, 5.41) is 3.32. The zero-order valence-electron chi connectivity index (χ0n) is 23.2. The molecule has 1 amide bonds. The van der Waals surface area contributed by atoms with Crippen molar-refractivity contribution in [3.63, 3.8) is 0 Å². The molecule has 3 N–H and O–H groups in total. The highest BCUT2D eigenvalue weighted by Crippen LogP contribution is 2.29. The summed E-state index contributed by atoms with van der Waals surface area (Å²) in [5.74, 6) is -0.304. The van der Waals surface area contributed by atoms with Crippen molar-refractivity contribution in [1.82, 2.24) is 5.32 Å². The van der Waals surface area contributed by atoms with Crippen molar-refractivity contribution < 1.29 is 23.8 Å². The lowest BCUT2D eigenvalue weighted by atomic mass is 9.88. The van der Waals surface area contributed by atoms with E-state index in [1.54, 1.807) is 31.4 Å². The quantitative estimate of drug-likeness (QED) is 0.167. The minimum atomic E-state index is -1.88. The summed E-state index contributed by atoms with van der Waals surface area (Å²) in [6.45, 7) is -0.0753. The first-order valence-corrected chi connectivity index (χ1v) is 13.2. The van der Waals surface area contributed by atoms with E-state index in [0.717, 1.165) is 16.7 Å². The van der Waals surface area contributed by atoms with Crippen molar-refractivity contribution >= 4 is 17.8 Å². The van der Waals surface area contributed by atoms with Crippen LogP contribution in [0.3, 0.4) is 0 Å². The van der Waals surface area contributed by atoms with Crippen LogP contribution in [0.4, 0.5) is 0 Å². The number of rotatable bonds is 14. The lowest BCUT2D eigenvalue weighted by Gasteiger charge is -2.34. The van der Waals surface area contributed by atoms with Gasteiger partial charge >= 0.3 is 0 Å². The minimum absolute atomic E-state index is 0.200. The summed E-state index contributed by atoms with van der Waals surface area (Å²) >= 11 is 0. The van der Waals surface area contributed by atoms with E-state index in [-0.39, 0.29) is 13.2 Å². The maximum atomic E-state index is 14.0. The fraction of sp³-hybridized carbons (Fsp3) is 0.176. The molecule has 0 aliphatic rings. The second-order valence-electron chi connectivity index (χ2n) is 9.46. The average Bonchev–Trinajstić information content (AvgIpc) is 3.02. The number of hydrogen-bond donors (Lipinski definition) is 2. The predicted octanol–water partition coefficient (Wildman–Crippen LogP) is 5.11. The third-order valence-corrected chi connectivity index (χ3v) is 6.76. The Balaban J connectivity index is 1.72. The van der Waals surface area contributed by atoms with E-state index >= 15 is 0 Å². The summed E-state index contributed by atoms with van der Waals surface area (Å²) in [7, 11) is 3.09. The maximum absolute atomic E-state index is 14.0. The Bertz CT molecular complexity index is 1420. The van der Waals surface area contributed by atoms with E-state index in [1.165, 1.54) is 13.2 Å². The van der Waals surface area contributed by atoms with Gasteiger partial charge in [0.15, 0.2) is 22.8 Å². The van der Waals surface area contributed by atoms with Crippen LogP contribution in [0.25, 0.3) is 6.08 Å². The fourth-order valence-electron chi connectivity index (χ4n) is 4.51. The van der Waals surface area contributed by atoms with E-state index in [0.29, 0.717) is 17.1 Å². The number of nitrogens with one attached hydrogen (secondary N) is 1. The van der Waals surface area contributed by atoms with Gasteiger partial charge in [-0.05, 0) is 40.5 Å². The van der Waals surface area contributed by atoms with E-state index in [1.807, 2.05) is 91.0 Å². The van der Waals surface area contributed by atoms with E-state index in [2.05, 4.69) is 5.32 Å². The van der Waals surface area contributed by atoms with Gasteiger partial charge in [-0.2, -0.15) is 0 Å². The molecule has 4 aromatic carbocycles. The summed E-state index contributed by atoms with van der Waals surface area (Å²) in [4.78, 5) is 27.3. The predicted molar refractivity (Wildman–Crippen MR) is 159 cm³/mol. The number of amides is 1. The smallest absolute Gasteiger partial charge is 0.248 e. The van der Waals surface area contributed by atoms with E-state index in [9.17, 15) is 9.59 Å². The van der Waals surface area contributed by atoms with Crippen LogP contribution in [-0.4, -0.2) is 38.1 Å². The van der Waals surface area contributed by atoms with Crippen LogP contribution in [-0.2, 0) is 20.9 Å². The first-order valence-electron chi connectivity index (χ1n) is 13.2. The summed E-state index contributed by atoms with van der Waals surface area (Å²) in [6.07, 6.45) is 2.96. The second-order valence-corrected chi connectivity index (χ2v) is 9.46. The first kappa shape index (κ1) is 29.3. The minimum Gasteiger partial charge on any atom is -0.493 e. The molecule has 4 aromatic rings. The van der Waals surface area contributed by atoms with Gasteiger partial charge in [-0.15, -0.1) is 0 Å². The number of carbonyl (C=O) groups is 2. The van der Waals surface area contributed by atoms with Gasteiger partial charge in [0, 0.05) is 0 Å². The molecule has 0 heterocycles. The van der Waals surface area contributed by atoms with Crippen molar-refractivity contribution in [2.45, 2.75) is 18.2 Å². The molecule has 0 fully saturated rings. The molecule has 0 unspecified atom stereocenters. The molecule has 0 radical (unpaired) electrons. The van der Waals surface area contributed by atoms with Gasteiger partial charge in [-0.1, -0.05) is 103 Å². The van der Waals surface area contributed by atoms with Gasteiger partial charge in [0.05, 0.1) is 33.5 Å². The molecule has 1 atom stereocenters. The average molecular weight is 551 g/mol. The second kappa shape index (κ2) is 14.1. The molecule has 0 aliphatic heterocycles. The Kier molecular flexibility index (Phi) is 10.0. The fourth-order valence-corrected chi connectivity index (χ4v) is 4.51. The highest BCUT2D eigenvalue weighted by molar-refractivity contribution is 6.16. The molecule has 0 aromatic heterocycles. The van der Waals surface area contributed by atoms with Crippen LogP contribution in [0.2, 0.25) is 0 Å². The Morgan fingerprint density at radius 1 is 0.805 bits per heavy atom. The standard InChI is InChI=1S/C34H34N2O5/c1-39-29-20-18-25(22-30(29)40-2)19-21-31(37)34(33(35)38,24-41-23-26-12-6-3-7-13-26)36-32(27-14-8-4-9-15-27)28-16-10-5-11-17-28/h3-22,32,36H,23-24H2,1-2H3,(H2,35,38)/t34-/m1/s1. The molecule has 0 aliphatic carbocycles. The normalized spacial score (nSPS) is 12.7. The number of primary amides is 1. The SMILES string of the molecule is COc1ccc(C=CC(=O)[C@@](COCc2ccccc2)(NC(c2ccccc2)c2ccccc2)C(N)=O)cc1OC. The molecule has 0 bridgehead atoms. The van der Waals surface area contributed by atoms with Gasteiger partial charge in [0.2, 0.25) is 5.91 Å². The number of hydrogen-bond acceptors (Lipinski definition) is 6.